The van der Waals surface area contributed by atoms with Crippen molar-refractivity contribution in [1.82, 2.24) is 10.1 Å². The van der Waals surface area contributed by atoms with Gasteiger partial charge in [-0.25, -0.2) is 0 Å². The van der Waals surface area contributed by atoms with Crippen LogP contribution in [-0.2, 0) is 11.2 Å². The third-order valence-electron chi connectivity index (χ3n) is 4.72. The van der Waals surface area contributed by atoms with Crippen molar-refractivity contribution in [3.05, 3.63) is 52.9 Å². The molecule has 2 aromatic rings. The summed E-state index contributed by atoms with van der Waals surface area (Å²) in [5.41, 5.74) is 9.38. The van der Waals surface area contributed by atoms with Crippen LogP contribution in [0.3, 0.4) is 0 Å². The lowest BCUT2D eigenvalue weighted by atomic mass is 9.95. The molecule has 0 bridgehead atoms. The number of nitrogens with two attached hydrogens (primary N) is 1. The second kappa shape index (κ2) is 6.54. The van der Waals surface area contributed by atoms with Crippen molar-refractivity contribution in [2.45, 2.75) is 38.6 Å². The van der Waals surface area contributed by atoms with Crippen LogP contribution in [0.4, 0.5) is 0 Å². The predicted molar refractivity (Wildman–Crippen MR) is 88.0 cm³/mol. The number of aryl methyl sites for hydroxylation is 2. The minimum Gasteiger partial charge on any atom is -0.361 e. The molecular formula is C18H23N3O2. The molecule has 0 saturated carbocycles. The Morgan fingerprint density at radius 2 is 2.04 bits per heavy atom. The molecule has 122 valence electrons. The van der Waals surface area contributed by atoms with Crippen LogP contribution in [0.2, 0.25) is 0 Å². The van der Waals surface area contributed by atoms with Gasteiger partial charge in [-0.1, -0.05) is 35.5 Å². The van der Waals surface area contributed by atoms with E-state index >= 15 is 0 Å². The van der Waals surface area contributed by atoms with E-state index in [1.807, 2.05) is 36.9 Å². The number of carbonyl (C=O) groups excluding carboxylic acids is 1. The van der Waals surface area contributed by atoms with Gasteiger partial charge in [0.1, 0.15) is 5.76 Å². The topological polar surface area (TPSA) is 72.4 Å². The zero-order valence-electron chi connectivity index (χ0n) is 13.7. The monoisotopic (exact) mass is 313 g/mol. The maximum absolute atomic E-state index is 12.5. The highest BCUT2D eigenvalue weighted by molar-refractivity contribution is 5.77. The number of amides is 1. The average Bonchev–Trinajstić information content (AvgIpc) is 3.09. The van der Waals surface area contributed by atoms with E-state index in [0.717, 1.165) is 17.0 Å². The van der Waals surface area contributed by atoms with Gasteiger partial charge in [0.25, 0.3) is 0 Å². The Morgan fingerprint density at radius 1 is 1.30 bits per heavy atom. The molecule has 5 nitrogen and oxygen atoms in total. The quantitative estimate of drug-likeness (QED) is 0.939. The van der Waals surface area contributed by atoms with Gasteiger partial charge < -0.3 is 15.2 Å². The number of carbonyl (C=O) groups is 1. The minimum absolute atomic E-state index is 0.000383. The lowest BCUT2D eigenvalue weighted by Crippen LogP contribution is -2.32. The number of likely N-dealkylation sites (tertiary alicyclic amines) is 1. The molecule has 0 spiro atoms. The van der Waals surface area contributed by atoms with Crippen molar-refractivity contribution < 1.29 is 9.32 Å². The molecule has 1 aliphatic heterocycles. The van der Waals surface area contributed by atoms with Crippen LogP contribution in [0.25, 0.3) is 0 Å². The van der Waals surface area contributed by atoms with Crippen LogP contribution in [0.5, 0.6) is 0 Å². The molecule has 2 atom stereocenters. The summed E-state index contributed by atoms with van der Waals surface area (Å²) in [6.07, 6.45) is 1.14. The van der Waals surface area contributed by atoms with Crippen molar-refractivity contribution in [2.75, 3.05) is 13.1 Å². The number of rotatable bonds is 4. The maximum atomic E-state index is 12.5. The fourth-order valence-corrected chi connectivity index (χ4v) is 3.33. The van der Waals surface area contributed by atoms with Gasteiger partial charge in [0.15, 0.2) is 0 Å². The van der Waals surface area contributed by atoms with E-state index in [2.05, 4.69) is 17.3 Å². The first-order chi connectivity index (χ1) is 11.1. The van der Waals surface area contributed by atoms with E-state index in [1.165, 1.54) is 5.56 Å². The summed E-state index contributed by atoms with van der Waals surface area (Å²) < 4.78 is 5.15. The van der Waals surface area contributed by atoms with Crippen LogP contribution in [0.15, 0.2) is 34.9 Å². The summed E-state index contributed by atoms with van der Waals surface area (Å²) in [6.45, 7) is 5.12. The highest BCUT2D eigenvalue weighted by atomic mass is 16.5. The van der Waals surface area contributed by atoms with Crippen LogP contribution >= 0.6 is 0 Å². The van der Waals surface area contributed by atoms with Crippen molar-refractivity contribution in [1.29, 1.82) is 0 Å². The lowest BCUT2D eigenvalue weighted by molar-refractivity contribution is -0.130. The fraction of sp³-hybridized carbons (Fsp3) is 0.444. The summed E-state index contributed by atoms with van der Waals surface area (Å²) >= 11 is 0. The second-order valence-electron chi connectivity index (χ2n) is 6.28. The number of hydrogen-bond acceptors (Lipinski definition) is 4. The Kier molecular flexibility index (Phi) is 4.48. The summed E-state index contributed by atoms with van der Waals surface area (Å²) in [7, 11) is 0. The van der Waals surface area contributed by atoms with Crippen LogP contribution in [0.1, 0.15) is 34.9 Å². The molecule has 1 saturated heterocycles. The van der Waals surface area contributed by atoms with E-state index < -0.39 is 0 Å². The summed E-state index contributed by atoms with van der Waals surface area (Å²) in [4.78, 5) is 14.4. The highest BCUT2D eigenvalue weighted by Crippen LogP contribution is 2.27. The second-order valence-corrected chi connectivity index (χ2v) is 6.28. The van der Waals surface area contributed by atoms with E-state index in [4.69, 9.17) is 10.3 Å². The van der Waals surface area contributed by atoms with Crippen molar-refractivity contribution in [3.8, 4) is 0 Å². The third-order valence-corrected chi connectivity index (χ3v) is 4.72. The summed E-state index contributed by atoms with van der Waals surface area (Å²) in [6, 6.07) is 10.2. The number of nitrogens with zero attached hydrogens (tertiary/aromatic N) is 2. The molecule has 2 N–H and O–H groups in total. The molecule has 1 fully saturated rings. The summed E-state index contributed by atoms with van der Waals surface area (Å²) in [5.74, 6) is 1.17. The Hall–Kier alpha value is -2.14. The van der Waals surface area contributed by atoms with Crippen molar-refractivity contribution in [2.24, 2.45) is 5.73 Å². The molecule has 0 unspecified atom stereocenters. The molecule has 5 heteroatoms. The highest BCUT2D eigenvalue weighted by Gasteiger charge is 2.33. The largest absolute Gasteiger partial charge is 0.361 e. The first-order valence-corrected chi connectivity index (χ1v) is 8.06. The normalized spacial score (nSPS) is 20.9. The minimum atomic E-state index is 0.000383. The average molecular weight is 313 g/mol. The molecule has 1 aromatic heterocycles. The van der Waals surface area contributed by atoms with Crippen molar-refractivity contribution >= 4 is 5.91 Å². The van der Waals surface area contributed by atoms with E-state index in [9.17, 15) is 4.79 Å². The zero-order chi connectivity index (χ0) is 16.4. The Morgan fingerprint density at radius 3 is 2.70 bits per heavy atom. The van der Waals surface area contributed by atoms with Gasteiger partial charge in [-0.05, 0) is 25.8 Å². The SMILES string of the molecule is Cc1noc(C)c1CCC(=O)N1C[C@H](c2ccccc2)[C@@H](N)C1. The standard InChI is InChI=1S/C18H23N3O2/c1-12-15(13(2)23-20-12)8-9-18(22)21-10-16(17(19)11-21)14-6-4-3-5-7-14/h3-7,16-17H,8-11,19H2,1-2H3/t16-,17+/m1/s1. The Bertz CT molecular complexity index is 661. The molecule has 3 rings (SSSR count). The van der Waals surface area contributed by atoms with Gasteiger partial charge >= 0.3 is 0 Å². The number of aromatic nitrogens is 1. The Balaban J connectivity index is 1.61. The predicted octanol–water partition coefficient (Wildman–Crippen LogP) is 2.18. The van der Waals surface area contributed by atoms with Gasteiger partial charge in [-0.2, -0.15) is 0 Å². The lowest BCUT2D eigenvalue weighted by Gasteiger charge is -2.16. The molecule has 1 aromatic carbocycles. The van der Waals surface area contributed by atoms with Gasteiger partial charge in [0.05, 0.1) is 5.69 Å². The number of benzene rings is 1. The molecule has 23 heavy (non-hydrogen) atoms. The first kappa shape index (κ1) is 15.7. The maximum Gasteiger partial charge on any atom is 0.222 e. The van der Waals surface area contributed by atoms with Gasteiger partial charge in [-0.3, -0.25) is 4.79 Å². The first-order valence-electron chi connectivity index (χ1n) is 8.06. The fourth-order valence-electron chi connectivity index (χ4n) is 3.33. The molecular weight excluding hydrogens is 290 g/mol. The van der Waals surface area contributed by atoms with Crippen LogP contribution < -0.4 is 5.73 Å². The Labute approximate surface area is 136 Å². The van der Waals surface area contributed by atoms with Crippen LogP contribution in [0, 0.1) is 13.8 Å². The smallest absolute Gasteiger partial charge is 0.222 e. The molecule has 2 heterocycles. The van der Waals surface area contributed by atoms with Gasteiger partial charge in [-0.15, -0.1) is 0 Å². The molecule has 1 amide bonds. The van der Waals surface area contributed by atoms with E-state index in [0.29, 0.717) is 25.9 Å². The number of hydrogen-bond donors (Lipinski definition) is 1. The molecule has 1 aliphatic rings. The van der Waals surface area contributed by atoms with E-state index in [1.54, 1.807) is 0 Å². The van der Waals surface area contributed by atoms with Crippen LogP contribution in [-0.4, -0.2) is 35.1 Å². The summed E-state index contributed by atoms with van der Waals surface area (Å²) in [5, 5.41) is 3.94. The molecule has 0 aliphatic carbocycles. The van der Waals surface area contributed by atoms with E-state index in [-0.39, 0.29) is 17.9 Å². The van der Waals surface area contributed by atoms with Crippen molar-refractivity contribution in [3.63, 3.8) is 0 Å². The zero-order valence-corrected chi connectivity index (χ0v) is 13.7. The van der Waals surface area contributed by atoms with Gasteiger partial charge in [0, 0.05) is 37.0 Å². The third kappa shape index (κ3) is 3.29. The molecule has 0 radical (unpaired) electrons. The van der Waals surface area contributed by atoms with Gasteiger partial charge in [0.2, 0.25) is 5.91 Å².